The molecule has 0 bridgehead atoms. The normalized spacial score (nSPS) is 17.5. The number of carbonyl (C=O) groups is 3. The Hall–Kier alpha value is -3.69. The van der Waals surface area contributed by atoms with Gasteiger partial charge in [0.1, 0.15) is 17.2 Å². The fourth-order valence-electron chi connectivity index (χ4n) is 4.29. The smallest absolute Gasteiger partial charge is 0.265 e. The van der Waals surface area contributed by atoms with Crippen molar-refractivity contribution in [3.8, 4) is 17.2 Å². The van der Waals surface area contributed by atoms with E-state index in [-0.39, 0.29) is 30.4 Å². The number of hydrogen-bond donors (Lipinski definition) is 1. The van der Waals surface area contributed by atoms with Gasteiger partial charge in [-0.15, -0.1) is 0 Å². The number of imide groups is 1. The van der Waals surface area contributed by atoms with Crippen LogP contribution in [0, 0.1) is 0 Å². The van der Waals surface area contributed by atoms with E-state index in [2.05, 4.69) is 21.2 Å². The molecule has 0 aliphatic carbocycles. The lowest BCUT2D eigenvalue weighted by molar-refractivity contribution is -0.122. The van der Waals surface area contributed by atoms with Crippen LogP contribution in [-0.2, 0) is 9.53 Å². The Morgan fingerprint density at radius 3 is 2.62 bits per heavy atom. The van der Waals surface area contributed by atoms with E-state index in [4.69, 9.17) is 14.2 Å². The maximum atomic E-state index is 12.9. The first kappa shape index (κ1) is 25.0. The predicted molar refractivity (Wildman–Crippen MR) is 140 cm³/mol. The third kappa shape index (κ3) is 5.52. The third-order valence-corrected chi connectivity index (χ3v) is 6.85. The summed E-state index contributed by atoms with van der Waals surface area (Å²) in [5.74, 6) is 0.465. The summed E-state index contributed by atoms with van der Waals surface area (Å²) in [6, 6.07) is 19.0. The molecule has 0 radical (unpaired) electrons. The summed E-state index contributed by atoms with van der Waals surface area (Å²) in [6.45, 7) is 2.58. The average Bonchev–Trinajstić information content (AvgIpc) is 3.48. The molecule has 3 amide bonds. The highest BCUT2D eigenvalue weighted by Crippen LogP contribution is 2.31. The number of ether oxygens (including phenoxy) is 3. The fourth-order valence-corrected chi connectivity index (χ4v) is 4.67. The Bertz CT molecular complexity index is 1350. The van der Waals surface area contributed by atoms with Crippen LogP contribution < -0.4 is 14.8 Å². The Kier molecular flexibility index (Phi) is 7.25. The maximum absolute atomic E-state index is 12.9. The Labute approximate surface area is 222 Å². The summed E-state index contributed by atoms with van der Waals surface area (Å²) in [6.07, 6.45) is 0.921. The van der Waals surface area contributed by atoms with E-state index in [1.165, 1.54) is 4.90 Å². The van der Waals surface area contributed by atoms with Gasteiger partial charge in [0.15, 0.2) is 6.10 Å². The molecule has 2 unspecified atom stereocenters. The van der Waals surface area contributed by atoms with Gasteiger partial charge < -0.3 is 19.5 Å². The minimum Gasteiger partial charge on any atom is -0.480 e. The Balaban J connectivity index is 1.24. The Morgan fingerprint density at radius 1 is 1.05 bits per heavy atom. The molecule has 0 spiro atoms. The summed E-state index contributed by atoms with van der Waals surface area (Å²) in [7, 11) is 0. The number of benzene rings is 3. The van der Waals surface area contributed by atoms with Gasteiger partial charge in [-0.2, -0.15) is 0 Å². The zero-order chi connectivity index (χ0) is 25.9. The van der Waals surface area contributed by atoms with Gasteiger partial charge in [0.2, 0.25) is 0 Å². The van der Waals surface area contributed by atoms with E-state index >= 15 is 0 Å². The van der Waals surface area contributed by atoms with Gasteiger partial charge in [0.05, 0.1) is 28.2 Å². The van der Waals surface area contributed by atoms with E-state index in [1.807, 2.05) is 18.2 Å². The van der Waals surface area contributed by atoms with E-state index in [0.717, 1.165) is 17.3 Å². The number of nitrogens with zero attached hydrogens (tertiary/aromatic N) is 1. The molecular formula is C28H25BrN2O6. The molecule has 190 valence electrons. The number of halogens is 1. The fraction of sp³-hybridized carbons (Fsp3) is 0.250. The summed E-state index contributed by atoms with van der Waals surface area (Å²) < 4.78 is 18.1. The highest BCUT2D eigenvalue weighted by molar-refractivity contribution is 9.10. The minimum absolute atomic E-state index is 0.113. The largest absolute Gasteiger partial charge is 0.480 e. The second-order valence-corrected chi connectivity index (χ2v) is 9.73. The van der Waals surface area contributed by atoms with Crippen LogP contribution in [0.2, 0.25) is 0 Å². The van der Waals surface area contributed by atoms with Crippen molar-refractivity contribution in [1.82, 2.24) is 4.90 Å². The minimum atomic E-state index is -0.735. The average molecular weight is 565 g/mol. The third-order valence-electron chi connectivity index (χ3n) is 6.20. The molecule has 8 nitrogen and oxygen atoms in total. The molecule has 1 N–H and O–H groups in total. The molecule has 1 fully saturated rings. The van der Waals surface area contributed by atoms with Gasteiger partial charge >= 0.3 is 0 Å². The van der Waals surface area contributed by atoms with Gasteiger partial charge in [-0.1, -0.05) is 18.2 Å². The number of rotatable bonds is 8. The van der Waals surface area contributed by atoms with Crippen LogP contribution >= 0.6 is 15.9 Å². The van der Waals surface area contributed by atoms with Crippen molar-refractivity contribution in [1.29, 1.82) is 0 Å². The molecule has 1 saturated heterocycles. The lowest BCUT2D eigenvalue weighted by Gasteiger charge is -2.17. The number of amides is 3. The van der Waals surface area contributed by atoms with Gasteiger partial charge in [0, 0.05) is 18.4 Å². The number of fused-ring (bicyclic) bond motifs is 1. The van der Waals surface area contributed by atoms with Crippen LogP contribution in [-0.4, -0.2) is 48.0 Å². The summed E-state index contributed by atoms with van der Waals surface area (Å²) in [5.41, 5.74) is 1.19. The van der Waals surface area contributed by atoms with Crippen LogP contribution in [0.5, 0.6) is 17.2 Å². The molecular weight excluding hydrogens is 540 g/mol. The SMILES string of the molecule is CC(Oc1ccccc1Br)C(=O)Nc1cccc(Oc2ccc3c(c2)C(=O)N(CC2CCCO2)C3=O)c1. The Morgan fingerprint density at radius 2 is 1.84 bits per heavy atom. The number of hydrogen-bond acceptors (Lipinski definition) is 6. The molecule has 0 saturated carbocycles. The number of para-hydroxylation sites is 1. The predicted octanol–water partition coefficient (Wildman–Crippen LogP) is 5.42. The van der Waals surface area contributed by atoms with E-state index < -0.39 is 6.10 Å². The quantitative estimate of drug-likeness (QED) is 0.367. The van der Waals surface area contributed by atoms with E-state index in [9.17, 15) is 14.4 Å². The second kappa shape index (κ2) is 10.7. The molecule has 3 aromatic rings. The van der Waals surface area contributed by atoms with Crippen LogP contribution in [0.1, 0.15) is 40.5 Å². The van der Waals surface area contributed by atoms with Gasteiger partial charge in [0.25, 0.3) is 17.7 Å². The van der Waals surface area contributed by atoms with Crippen molar-refractivity contribution in [2.75, 3.05) is 18.5 Å². The molecule has 37 heavy (non-hydrogen) atoms. The van der Waals surface area contributed by atoms with Crippen LogP contribution in [0.4, 0.5) is 5.69 Å². The number of nitrogens with one attached hydrogen (secondary N) is 1. The monoisotopic (exact) mass is 564 g/mol. The van der Waals surface area contributed by atoms with Crippen molar-refractivity contribution in [2.24, 2.45) is 0 Å². The molecule has 3 aromatic carbocycles. The molecule has 5 rings (SSSR count). The molecule has 2 atom stereocenters. The standard InChI is InChI=1S/C28H25BrN2O6/c1-17(36-25-10-3-2-9-24(25)29)26(32)30-18-6-4-7-19(14-18)37-20-11-12-22-23(15-20)28(34)31(27(22)33)16-21-8-5-13-35-21/h2-4,6-7,9-12,14-15,17,21H,5,8,13,16H2,1H3,(H,30,32). The lowest BCUT2D eigenvalue weighted by atomic mass is 10.1. The lowest BCUT2D eigenvalue weighted by Crippen LogP contribution is -2.36. The second-order valence-electron chi connectivity index (χ2n) is 8.87. The highest BCUT2D eigenvalue weighted by atomic mass is 79.9. The summed E-state index contributed by atoms with van der Waals surface area (Å²) in [4.78, 5) is 39.6. The van der Waals surface area contributed by atoms with Gasteiger partial charge in [-0.05, 0) is 78.2 Å². The summed E-state index contributed by atoms with van der Waals surface area (Å²) >= 11 is 3.41. The first-order valence-corrected chi connectivity index (χ1v) is 12.8. The maximum Gasteiger partial charge on any atom is 0.265 e. The van der Waals surface area contributed by atoms with Crippen molar-refractivity contribution in [2.45, 2.75) is 32.0 Å². The zero-order valence-corrected chi connectivity index (χ0v) is 21.7. The number of anilines is 1. The van der Waals surface area contributed by atoms with Crippen LogP contribution in [0.3, 0.4) is 0 Å². The zero-order valence-electron chi connectivity index (χ0n) is 20.1. The van der Waals surface area contributed by atoms with Crippen molar-refractivity contribution in [3.05, 3.63) is 82.3 Å². The van der Waals surface area contributed by atoms with Crippen molar-refractivity contribution in [3.63, 3.8) is 0 Å². The van der Waals surface area contributed by atoms with Gasteiger partial charge in [-0.25, -0.2) is 0 Å². The van der Waals surface area contributed by atoms with Crippen molar-refractivity contribution < 1.29 is 28.6 Å². The van der Waals surface area contributed by atoms with Gasteiger partial charge in [-0.3, -0.25) is 19.3 Å². The molecule has 2 aliphatic rings. The first-order chi connectivity index (χ1) is 17.9. The molecule has 2 aliphatic heterocycles. The first-order valence-electron chi connectivity index (χ1n) is 12.0. The molecule has 2 heterocycles. The van der Waals surface area contributed by atoms with Crippen LogP contribution in [0.25, 0.3) is 0 Å². The van der Waals surface area contributed by atoms with Crippen molar-refractivity contribution >= 4 is 39.3 Å². The highest BCUT2D eigenvalue weighted by Gasteiger charge is 2.37. The topological polar surface area (TPSA) is 94.2 Å². The van der Waals surface area contributed by atoms with E-state index in [0.29, 0.717) is 40.7 Å². The van der Waals surface area contributed by atoms with Crippen LogP contribution in [0.15, 0.2) is 71.2 Å². The number of carbonyl (C=O) groups excluding carboxylic acids is 3. The van der Waals surface area contributed by atoms with E-state index in [1.54, 1.807) is 55.5 Å². The molecule has 9 heteroatoms. The summed E-state index contributed by atoms with van der Waals surface area (Å²) in [5, 5.41) is 2.83. The molecule has 0 aromatic heterocycles.